The van der Waals surface area contributed by atoms with Crippen LogP contribution in [-0.4, -0.2) is 24.7 Å². The molecule has 1 N–H and O–H groups in total. The summed E-state index contributed by atoms with van der Waals surface area (Å²) in [7, 11) is 0. The lowest BCUT2D eigenvalue weighted by molar-refractivity contribution is -0.143. The zero-order chi connectivity index (χ0) is 8.97. The molecule has 1 heterocycles. The van der Waals surface area contributed by atoms with Crippen molar-refractivity contribution in [3.63, 3.8) is 0 Å². The number of carbonyl (C=O) groups excluding carboxylic acids is 1. The van der Waals surface area contributed by atoms with Gasteiger partial charge in [0.1, 0.15) is 0 Å². The zero-order valence-electron chi connectivity index (χ0n) is 7.80. The second-order valence-electron chi connectivity index (χ2n) is 3.35. The van der Waals surface area contributed by atoms with Gasteiger partial charge in [0.15, 0.2) is 0 Å². The molecule has 2 atom stereocenters. The van der Waals surface area contributed by atoms with Gasteiger partial charge in [0, 0.05) is 12.1 Å². The average Bonchev–Trinajstić information content (AvgIpc) is 2.36. The van der Waals surface area contributed by atoms with Gasteiger partial charge in [-0.25, -0.2) is 0 Å². The number of carbonyl (C=O) groups is 1. The van der Waals surface area contributed by atoms with Crippen molar-refractivity contribution in [2.75, 3.05) is 6.61 Å². The van der Waals surface area contributed by atoms with E-state index in [9.17, 15) is 4.79 Å². The molecule has 0 aromatic carbocycles. The highest BCUT2D eigenvalue weighted by Crippen LogP contribution is 2.14. The van der Waals surface area contributed by atoms with Crippen LogP contribution in [0.5, 0.6) is 0 Å². The first-order valence-corrected chi connectivity index (χ1v) is 4.64. The van der Waals surface area contributed by atoms with E-state index in [1.54, 1.807) is 0 Å². The maximum atomic E-state index is 11.0. The Hall–Kier alpha value is -0.570. The SMILES string of the molecule is CCOC(=O)C[C@H]1CC[C@@H](C)N1. The third-order valence-corrected chi connectivity index (χ3v) is 2.19. The van der Waals surface area contributed by atoms with Gasteiger partial charge >= 0.3 is 5.97 Å². The maximum Gasteiger partial charge on any atom is 0.307 e. The summed E-state index contributed by atoms with van der Waals surface area (Å²) < 4.78 is 4.86. The monoisotopic (exact) mass is 171 g/mol. The molecule has 3 nitrogen and oxygen atoms in total. The zero-order valence-corrected chi connectivity index (χ0v) is 7.80. The van der Waals surface area contributed by atoms with E-state index >= 15 is 0 Å². The molecular weight excluding hydrogens is 154 g/mol. The quantitative estimate of drug-likeness (QED) is 0.646. The fourth-order valence-electron chi connectivity index (χ4n) is 1.60. The molecule has 0 aliphatic carbocycles. The Balaban J connectivity index is 2.18. The van der Waals surface area contributed by atoms with Crippen LogP contribution in [0.2, 0.25) is 0 Å². The van der Waals surface area contributed by atoms with E-state index in [-0.39, 0.29) is 5.97 Å². The molecule has 1 fully saturated rings. The maximum absolute atomic E-state index is 11.0. The Bertz CT molecular complexity index is 159. The molecule has 3 heteroatoms. The standard InChI is InChI=1S/C9H17NO2/c1-3-12-9(11)6-8-5-4-7(2)10-8/h7-8,10H,3-6H2,1-2H3/t7-,8-/m1/s1. The van der Waals surface area contributed by atoms with E-state index in [1.807, 2.05) is 6.92 Å². The van der Waals surface area contributed by atoms with Crippen molar-refractivity contribution < 1.29 is 9.53 Å². The van der Waals surface area contributed by atoms with Gasteiger partial charge in [0.25, 0.3) is 0 Å². The molecule has 0 bridgehead atoms. The van der Waals surface area contributed by atoms with Crippen LogP contribution >= 0.6 is 0 Å². The lowest BCUT2D eigenvalue weighted by Crippen LogP contribution is -2.29. The van der Waals surface area contributed by atoms with Crippen LogP contribution in [-0.2, 0) is 9.53 Å². The minimum atomic E-state index is -0.0795. The van der Waals surface area contributed by atoms with Crippen LogP contribution in [0, 0.1) is 0 Å². The smallest absolute Gasteiger partial charge is 0.307 e. The predicted molar refractivity (Wildman–Crippen MR) is 46.9 cm³/mol. The van der Waals surface area contributed by atoms with Crippen molar-refractivity contribution in [2.45, 2.75) is 45.2 Å². The highest BCUT2D eigenvalue weighted by molar-refractivity contribution is 5.70. The molecule has 0 aromatic heterocycles. The number of hydrogen-bond acceptors (Lipinski definition) is 3. The first kappa shape index (κ1) is 9.52. The first-order valence-electron chi connectivity index (χ1n) is 4.64. The van der Waals surface area contributed by atoms with E-state index in [0.29, 0.717) is 25.1 Å². The van der Waals surface area contributed by atoms with Gasteiger partial charge in [0.05, 0.1) is 13.0 Å². The second-order valence-corrected chi connectivity index (χ2v) is 3.35. The normalized spacial score (nSPS) is 28.8. The second kappa shape index (κ2) is 4.45. The van der Waals surface area contributed by atoms with Gasteiger partial charge in [-0.3, -0.25) is 4.79 Å². The Morgan fingerprint density at radius 2 is 2.33 bits per heavy atom. The van der Waals surface area contributed by atoms with Gasteiger partial charge in [-0.15, -0.1) is 0 Å². The van der Waals surface area contributed by atoms with E-state index < -0.39 is 0 Å². The van der Waals surface area contributed by atoms with E-state index in [2.05, 4.69) is 12.2 Å². The van der Waals surface area contributed by atoms with Crippen molar-refractivity contribution in [1.29, 1.82) is 0 Å². The Kier molecular flexibility index (Phi) is 3.53. The summed E-state index contributed by atoms with van der Waals surface area (Å²) in [5, 5.41) is 3.34. The number of ether oxygens (including phenoxy) is 1. The first-order chi connectivity index (χ1) is 5.72. The molecule has 0 saturated carbocycles. The van der Waals surface area contributed by atoms with Crippen LogP contribution < -0.4 is 5.32 Å². The summed E-state index contributed by atoms with van der Waals surface area (Å²) in [6, 6.07) is 0.906. The van der Waals surface area contributed by atoms with Crippen LogP contribution in [0.15, 0.2) is 0 Å². The fourth-order valence-corrected chi connectivity index (χ4v) is 1.60. The van der Waals surface area contributed by atoms with Crippen LogP contribution in [0.3, 0.4) is 0 Å². The fraction of sp³-hybridized carbons (Fsp3) is 0.889. The van der Waals surface area contributed by atoms with Crippen LogP contribution in [0.1, 0.15) is 33.1 Å². The molecular formula is C9H17NO2. The third-order valence-electron chi connectivity index (χ3n) is 2.19. The van der Waals surface area contributed by atoms with Gasteiger partial charge in [-0.1, -0.05) is 0 Å². The van der Waals surface area contributed by atoms with Crippen molar-refractivity contribution in [3.8, 4) is 0 Å². The number of hydrogen-bond donors (Lipinski definition) is 1. The molecule has 0 amide bonds. The van der Waals surface area contributed by atoms with Crippen molar-refractivity contribution in [2.24, 2.45) is 0 Å². The summed E-state index contributed by atoms with van der Waals surface area (Å²) in [5.74, 6) is -0.0795. The largest absolute Gasteiger partial charge is 0.466 e. The number of nitrogens with one attached hydrogen (secondary N) is 1. The molecule has 1 aliphatic rings. The van der Waals surface area contributed by atoms with Gasteiger partial charge in [0.2, 0.25) is 0 Å². The number of esters is 1. The summed E-state index contributed by atoms with van der Waals surface area (Å²) in [6.45, 7) is 4.47. The van der Waals surface area contributed by atoms with Crippen molar-refractivity contribution in [3.05, 3.63) is 0 Å². The highest BCUT2D eigenvalue weighted by Gasteiger charge is 2.22. The topological polar surface area (TPSA) is 38.3 Å². The van der Waals surface area contributed by atoms with Crippen molar-refractivity contribution in [1.82, 2.24) is 5.32 Å². The molecule has 0 unspecified atom stereocenters. The highest BCUT2D eigenvalue weighted by atomic mass is 16.5. The molecule has 12 heavy (non-hydrogen) atoms. The molecule has 70 valence electrons. The van der Waals surface area contributed by atoms with E-state index in [1.165, 1.54) is 6.42 Å². The minimum absolute atomic E-state index is 0.0795. The lowest BCUT2D eigenvalue weighted by atomic mass is 10.1. The molecule has 1 aliphatic heterocycles. The molecule has 0 radical (unpaired) electrons. The minimum Gasteiger partial charge on any atom is -0.466 e. The Labute approximate surface area is 73.5 Å². The van der Waals surface area contributed by atoms with Gasteiger partial charge < -0.3 is 10.1 Å². The van der Waals surface area contributed by atoms with E-state index in [4.69, 9.17) is 4.74 Å². The van der Waals surface area contributed by atoms with Gasteiger partial charge in [-0.2, -0.15) is 0 Å². The molecule has 1 rings (SSSR count). The number of rotatable bonds is 3. The molecule has 0 aromatic rings. The van der Waals surface area contributed by atoms with Crippen molar-refractivity contribution >= 4 is 5.97 Å². The third kappa shape index (κ3) is 2.81. The summed E-state index contributed by atoms with van der Waals surface area (Å²) in [5.41, 5.74) is 0. The van der Waals surface area contributed by atoms with Crippen LogP contribution in [0.25, 0.3) is 0 Å². The molecule has 0 spiro atoms. The summed E-state index contributed by atoms with van der Waals surface area (Å²) in [4.78, 5) is 11.0. The average molecular weight is 171 g/mol. The van der Waals surface area contributed by atoms with Crippen LogP contribution in [0.4, 0.5) is 0 Å². The Morgan fingerprint density at radius 1 is 1.58 bits per heavy atom. The van der Waals surface area contributed by atoms with Gasteiger partial charge in [-0.05, 0) is 26.7 Å². The van der Waals surface area contributed by atoms with E-state index in [0.717, 1.165) is 6.42 Å². The lowest BCUT2D eigenvalue weighted by Gasteiger charge is -2.10. The summed E-state index contributed by atoms with van der Waals surface area (Å²) in [6.07, 6.45) is 2.79. The Morgan fingerprint density at radius 3 is 2.83 bits per heavy atom. The molecule has 1 saturated heterocycles. The predicted octanol–water partition coefficient (Wildman–Crippen LogP) is 1.08. The summed E-state index contributed by atoms with van der Waals surface area (Å²) >= 11 is 0.